The summed E-state index contributed by atoms with van der Waals surface area (Å²) < 4.78 is 64.6. The summed E-state index contributed by atoms with van der Waals surface area (Å²) in [6, 6.07) is 6.32. The van der Waals surface area contributed by atoms with Crippen molar-refractivity contribution in [3.8, 4) is 0 Å². The molecule has 1 saturated carbocycles. The topological polar surface area (TPSA) is 118 Å². The van der Waals surface area contributed by atoms with Crippen molar-refractivity contribution in [1.29, 1.82) is 0 Å². The number of imidazole rings is 1. The van der Waals surface area contributed by atoms with Gasteiger partial charge in [0.25, 0.3) is 17.7 Å². The second-order valence-corrected chi connectivity index (χ2v) is 12.8. The smallest absolute Gasteiger partial charge is 0.408 e. The summed E-state index contributed by atoms with van der Waals surface area (Å²) in [5, 5.41) is 9.90. The number of rotatable bonds is 9. The third-order valence-corrected chi connectivity index (χ3v) is 8.02. The van der Waals surface area contributed by atoms with Gasteiger partial charge in [-0.3, -0.25) is 14.5 Å². The summed E-state index contributed by atoms with van der Waals surface area (Å²) in [4.78, 5) is 42.9. The van der Waals surface area contributed by atoms with Gasteiger partial charge in [0.2, 0.25) is 5.92 Å². The first-order chi connectivity index (χ1) is 21.0. The van der Waals surface area contributed by atoms with Crippen LogP contribution in [-0.2, 0) is 4.74 Å². The second-order valence-electron chi connectivity index (χ2n) is 12.8. The Balaban J connectivity index is 1.28. The molecule has 0 bridgehead atoms. The van der Waals surface area contributed by atoms with Crippen LogP contribution in [0.25, 0.3) is 5.65 Å². The predicted molar refractivity (Wildman–Crippen MR) is 155 cm³/mol. The molecule has 1 fully saturated rings. The molecule has 0 unspecified atom stereocenters. The van der Waals surface area contributed by atoms with E-state index in [9.17, 15) is 31.9 Å². The van der Waals surface area contributed by atoms with Gasteiger partial charge in [0.1, 0.15) is 5.60 Å². The fourth-order valence-corrected chi connectivity index (χ4v) is 5.65. The number of hydrogen-bond acceptors (Lipinski definition) is 7. The van der Waals surface area contributed by atoms with Crippen LogP contribution in [-0.4, -0.2) is 67.9 Å². The van der Waals surface area contributed by atoms with Gasteiger partial charge in [-0.15, -0.1) is 0 Å². The van der Waals surface area contributed by atoms with E-state index in [0.29, 0.717) is 21.8 Å². The molecule has 3 amide bonds. The molecule has 1 aliphatic heterocycles. The fraction of sp³-hybridized carbons (Fsp3) is 0.516. The van der Waals surface area contributed by atoms with Crippen LogP contribution in [0, 0.1) is 5.92 Å². The van der Waals surface area contributed by atoms with Crippen molar-refractivity contribution in [2.24, 2.45) is 5.92 Å². The Morgan fingerprint density at radius 1 is 1.11 bits per heavy atom. The van der Waals surface area contributed by atoms with E-state index in [1.807, 2.05) is 0 Å². The maximum atomic E-state index is 15.0. The largest absolute Gasteiger partial charge is 0.444 e. The van der Waals surface area contributed by atoms with Crippen LogP contribution >= 0.6 is 0 Å². The fourth-order valence-electron chi connectivity index (χ4n) is 5.65. The van der Waals surface area contributed by atoms with Crippen LogP contribution in [0.2, 0.25) is 0 Å². The molecule has 1 aliphatic carbocycles. The Hall–Kier alpha value is -4.07. The van der Waals surface area contributed by atoms with E-state index in [-0.39, 0.29) is 42.7 Å². The highest BCUT2D eigenvalue weighted by atomic mass is 19.3. The predicted octanol–water partition coefficient (Wildman–Crippen LogP) is 5.70. The van der Waals surface area contributed by atoms with Crippen molar-refractivity contribution in [3.05, 3.63) is 65.1 Å². The van der Waals surface area contributed by atoms with E-state index in [0.717, 1.165) is 0 Å². The molecule has 2 aliphatic rings. The zero-order valence-corrected chi connectivity index (χ0v) is 25.4. The summed E-state index contributed by atoms with van der Waals surface area (Å²) in [6.07, 6.45) is 2.13. The average molecular weight is 633 g/mol. The molecule has 2 N–H and O–H groups in total. The normalized spacial score (nSPS) is 18.6. The van der Waals surface area contributed by atoms with Crippen LogP contribution in [0.1, 0.15) is 97.4 Å². The maximum Gasteiger partial charge on any atom is 0.408 e. The first kappa shape index (κ1) is 32.3. The Morgan fingerprint density at radius 3 is 2.33 bits per heavy atom. The monoisotopic (exact) mass is 632 g/mol. The molecule has 3 aromatic rings. The van der Waals surface area contributed by atoms with E-state index < -0.39 is 60.5 Å². The Morgan fingerprint density at radius 2 is 1.73 bits per heavy atom. The van der Waals surface area contributed by atoms with E-state index >= 15 is 0 Å². The maximum absolute atomic E-state index is 15.0. The Kier molecular flexibility index (Phi) is 8.64. The van der Waals surface area contributed by atoms with Crippen LogP contribution in [0.15, 0.2) is 42.7 Å². The number of ether oxygens (including phenoxy) is 1. The molecule has 242 valence electrons. The number of carbonyl (C=O) groups excluding carboxylic acids is 3. The Bertz CT molecular complexity index is 1560. The number of nitrogens with zero attached hydrogens (tertiary/aromatic N) is 4. The highest BCUT2D eigenvalue weighted by Gasteiger charge is 2.43. The third-order valence-electron chi connectivity index (χ3n) is 8.02. The summed E-state index contributed by atoms with van der Waals surface area (Å²) in [6.45, 7) is 4.92. The SMILES string of the molecule is C[C@H](NCC(F)(F)CN1C(=O)c2ccccc2C1=O)c1cnn2cc([C@@H](NC(=O)OC(C)(C)C)C3CCC(F)(F)CC3)nc2c1. The number of halogens is 4. The number of alkyl carbamates (subject to hydrolysis) is 1. The number of hydrogen-bond donors (Lipinski definition) is 2. The zero-order valence-electron chi connectivity index (χ0n) is 25.4. The highest BCUT2D eigenvalue weighted by molar-refractivity contribution is 6.21. The molecule has 45 heavy (non-hydrogen) atoms. The quantitative estimate of drug-likeness (QED) is 0.230. The van der Waals surface area contributed by atoms with Crippen molar-refractivity contribution >= 4 is 23.6 Å². The van der Waals surface area contributed by atoms with Gasteiger partial charge in [0.15, 0.2) is 5.65 Å². The molecular formula is C31H36F4N6O4. The summed E-state index contributed by atoms with van der Waals surface area (Å²) in [7, 11) is 0. The third kappa shape index (κ3) is 7.43. The van der Waals surface area contributed by atoms with Crippen LogP contribution in [0.3, 0.4) is 0 Å². The summed E-state index contributed by atoms with van der Waals surface area (Å²) in [5.74, 6) is -8.00. The standard InChI is InChI=1S/C31H36F4N6O4/c1-18(36-16-31(34,35)17-40-26(42)21-7-5-6-8-22(21)27(40)43)20-13-24-38-23(15-41(24)37-14-20)25(39-28(44)45-29(2,3)4)19-9-11-30(32,33)12-10-19/h5-8,13-15,18-19,25,36H,9-12,16-17H2,1-4H3,(H,39,44)/t18-,25-/m0/s1. The van der Waals surface area contributed by atoms with Crippen LogP contribution in [0.5, 0.6) is 0 Å². The molecule has 0 saturated heterocycles. The van der Waals surface area contributed by atoms with Gasteiger partial charge in [-0.2, -0.15) is 5.10 Å². The lowest BCUT2D eigenvalue weighted by molar-refractivity contribution is -0.0500. The minimum atomic E-state index is -3.42. The lowest BCUT2D eigenvalue weighted by Gasteiger charge is -2.33. The van der Waals surface area contributed by atoms with Crippen molar-refractivity contribution in [2.45, 2.75) is 82.9 Å². The van der Waals surface area contributed by atoms with Gasteiger partial charge in [0.05, 0.1) is 48.3 Å². The molecule has 0 spiro atoms. The lowest BCUT2D eigenvalue weighted by atomic mass is 9.81. The number of alkyl halides is 4. The molecule has 3 heterocycles. The van der Waals surface area contributed by atoms with Gasteiger partial charge in [-0.05, 0) is 70.2 Å². The van der Waals surface area contributed by atoms with Gasteiger partial charge in [-0.25, -0.2) is 31.9 Å². The van der Waals surface area contributed by atoms with E-state index in [1.165, 1.54) is 22.8 Å². The van der Waals surface area contributed by atoms with Crippen molar-refractivity contribution in [2.75, 3.05) is 13.1 Å². The highest BCUT2D eigenvalue weighted by Crippen LogP contribution is 2.41. The minimum Gasteiger partial charge on any atom is -0.444 e. The molecule has 14 heteroatoms. The summed E-state index contributed by atoms with van der Waals surface area (Å²) in [5.41, 5.74) is 0.740. The molecule has 2 aromatic heterocycles. The van der Waals surface area contributed by atoms with E-state index in [2.05, 4.69) is 20.7 Å². The zero-order chi connectivity index (χ0) is 32.7. The minimum absolute atomic E-state index is 0.100. The number of aromatic nitrogens is 3. The van der Waals surface area contributed by atoms with Gasteiger partial charge < -0.3 is 15.4 Å². The van der Waals surface area contributed by atoms with Crippen molar-refractivity contribution in [1.82, 2.24) is 30.1 Å². The molecule has 10 nitrogen and oxygen atoms in total. The van der Waals surface area contributed by atoms with E-state index in [4.69, 9.17) is 4.74 Å². The van der Waals surface area contributed by atoms with Gasteiger partial charge in [-0.1, -0.05) is 12.1 Å². The number of amides is 3. The molecular weight excluding hydrogens is 596 g/mol. The first-order valence-electron chi connectivity index (χ1n) is 14.8. The number of benzene rings is 1. The molecule has 0 radical (unpaired) electrons. The molecule has 2 atom stereocenters. The van der Waals surface area contributed by atoms with Crippen LogP contribution in [0.4, 0.5) is 22.4 Å². The summed E-state index contributed by atoms with van der Waals surface area (Å²) >= 11 is 0. The number of imide groups is 1. The number of fused-ring (bicyclic) bond motifs is 2. The van der Waals surface area contributed by atoms with Crippen molar-refractivity contribution < 1.29 is 36.7 Å². The molecule has 1 aromatic carbocycles. The Labute approximate surface area is 257 Å². The van der Waals surface area contributed by atoms with Gasteiger partial charge >= 0.3 is 6.09 Å². The number of nitrogens with one attached hydrogen (secondary N) is 2. The lowest BCUT2D eigenvalue weighted by Crippen LogP contribution is -2.46. The average Bonchev–Trinajstić information content (AvgIpc) is 3.48. The second kappa shape index (κ2) is 12.0. The van der Waals surface area contributed by atoms with E-state index in [1.54, 1.807) is 52.1 Å². The van der Waals surface area contributed by atoms with Crippen LogP contribution < -0.4 is 10.6 Å². The first-order valence-corrected chi connectivity index (χ1v) is 14.8. The molecule has 5 rings (SSSR count). The van der Waals surface area contributed by atoms with Gasteiger partial charge in [0, 0.05) is 18.9 Å². The van der Waals surface area contributed by atoms with Crippen molar-refractivity contribution in [3.63, 3.8) is 0 Å². The number of carbonyl (C=O) groups is 3.